The molecule has 1 aliphatic rings. The summed E-state index contributed by atoms with van der Waals surface area (Å²) in [4.78, 5) is 14.7. The number of nitrogens with zero attached hydrogens (tertiary/aromatic N) is 1. The van der Waals surface area contributed by atoms with E-state index in [9.17, 15) is 4.79 Å². The molecule has 1 aliphatic heterocycles. The summed E-state index contributed by atoms with van der Waals surface area (Å²) < 4.78 is 5.57. The van der Waals surface area contributed by atoms with E-state index in [1.165, 1.54) is 5.56 Å². The third-order valence-corrected chi connectivity index (χ3v) is 4.48. The van der Waals surface area contributed by atoms with Gasteiger partial charge in [-0.15, -0.1) is 24.8 Å². The summed E-state index contributed by atoms with van der Waals surface area (Å²) in [5.41, 5.74) is 0.517. The first-order chi connectivity index (χ1) is 10.6. The molecule has 1 unspecified atom stereocenters. The summed E-state index contributed by atoms with van der Waals surface area (Å²) in [5, 5.41) is 6.36. The van der Waals surface area contributed by atoms with Crippen LogP contribution in [0.4, 0.5) is 0 Å². The van der Waals surface area contributed by atoms with E-state index < -0.39 is 5.60 Å². The minimum Gasteiger partial charge on any atom is -0.368 e. The molecular weight excluding hydrogens is 349 g/mol. The summed E-state index contributed by atoms with van der Waals surface area (Å²) in [7, 11) is 5.69. The topological polar surface area (TPSA) is 53.6 Å². The number of piperidine rings is 1. The van der Waals surface area contributed by atoms with Crippen LogP contribution in [0.15, 0.2) is 30.3 Å². The monoisotopic (exact) mass is 377 g/mol. The number of benzene rings is 1. The molecule has 1 heterocycles. The average Bonchev–Trinajstić information content (AvgIpc) is 2.56. The Morgan fingerprint density at radius 3 is 2.33 bits per heavy atom. The van der Waals surface area contributed by atoms with E-state index in [4.69, 9.17) is 4.74 Å². The minimum absolute atomic E-state index is 0. The van der Waals surface area contributed by atoms with Crippen LogP contribution in [0.5, 0.6) is 0 Å². The van der Waals surface area contributed by atoms with Gasteiger partial charge in [-0.1, -0.05) is 30.3 Å². The van der Waals surface area contributed by atoms with Crippen molar-refractivity contribution in [3.8, 4) is 0 Å². The Labute approximate surface area is 157 Å². The van der Waals surface area contributed by atoms with Crippen LogP contribution in [-0.4, -0.2) is 57.2 Å². The van der Waals surface area contributed by atoms with E-state index >= 15 is 0 Å². The largest absolute Gasteiger partial charge is 0.368 e. The average molecular weight is 378 g/mol. The van der Waals surface area contributed by atoms with Gasteiger partial charge in [-0.25, -0.2) is 0 Å². The van der Waals surface area contributed by atoms with E-state index in [1.807, 2.05) is 32.3 Å². The van der Waals surface area contributed by atoms with Crippen LogP contribution < -0.4 is 10.6 Å². The van der Waals surface area contributed by atoms with Crippen molar-refractivity contribution in [3.63, 3.8) is 0 Å². The van der Waals surface area contributed by atoms with Crippen molar-refractivity contribution in [2.24, 2.45) is 0 Å². The number of amides is 1. The Balaban J connectivity index is 0.00000264. The number of nitrogens with one attached hydrogen (secondary N) is 2. The summed E-state index contributed by atoms with van der Waals surface area (Å²) in [6.45, 7) is 2.21. The van der Waals surface area contributed by atoms with Gasteiger partial charge in [0, 0.05) is 13.7 Å². The third-order valence-electron chi connectivity index (χ3n) is 4.48. The van der Waals surface area contributed by atoms with Crippen LogP contribution in [0, 0.1) is 0 Å². The Morgan fingerprint density at radius 2 is 1.83 bits per heavy atom. The fourth-order valence-electron chi connectivity index (χ4n) is 2.98. The smallest absolute Gasteiger partial charge is 0.252 e. The number of halogens is 2. The highest BCUT2D eigenvalue weighted by molar-refractivity contribution is 5.86. The molecule has 1 atom stereocenters. The first-order valence-corrected chi connectivity index (χ1v) is 7.84. The minimum atomic E-state index is -0.682. The normalized spacial score (nSPS) is 17.3. The van der Waals surface area contributed by atoms with E-state index in [0.29, 0.717) is 19.4 Å². The van der Waals surface area contributed by atoms with Crippen molar-refractivity contribution in [1.29, 1.82) is 0 Å². The highest BCUT2D eigenvalue weighted by atomic mass is 35.5. The molecule has 0 saturated carbocycles. The molecule has 0 aromatic heterocycles. The van der Waals surface area contributed by atoms with Crippen LogP contribution in [0.2, 0.25) is 0 Å². The predicted molar refractivity (Wildman–Crippen MR) is 102 cm³/mol. The van der Waals surface area contributed by atoms with Gasteiger partial charge in [-0.05, 0) is 45.6 Å². The van der Waals surface area contributed by atoms with Gasteiger partial charge in [0.2, 0.25) is 0 Å². The lowest BCUT2D eigenvalue weighted by Gasteiger charge is -2.35. The van der Waals surface area contributed by atoms with Crippen molar-refractivity contribution in [1.82, 2.24) is 15.5 Å². The third kappa shape index (κ3) is 5.60. The maximum atomic E-state index is 12.6. The number of likely N-dealkylation sites (N-methyl/N-ethyl adjacent to an activating group) is 1. The van der Waals surface area contributed by atoms with Crippen molar-refractivity contribution in [2.45, 2.75) is 24.5 Å². The van der Waals surface area contributed by atoms with E-state index in [1.54, 1.807) is 7.11 Å². The molecule has 1 aromatic rings. The van der Waals surface area contributed by atoms with Crippen molar-refractivity contribution < 1.29 is 9.53 Å². The molecule has 1 fully saturated rings. The summed E-state index contributed by atoms with van der Waals surface area (Å²) >= 11 is 0. The van der Waals surface area contributed by atoms with Crippen molar-refractivity contribution >= 4 is 30.7 Å². The van der Waals surface area contributed by atoms with Gasteiger partial charge in [0.15, 0.2) is 0 Å². The molecule has 0 bridgehead atoms. The van der Waals surface area contributed by atoms with Gasteiger partial charge in [0.25, 0.3) is 5.91 Å². The molecule has 1 amide bonds. The van der Waals surface area contributed by atoms with Crippen molar-refractivity contribution in [3.05, 3.63) is 35.9 Å². The highest BCUT2D eigenvalue weighted by Crippen LogP contribution is 2.23. The zero-order valence-electron chi connectivity index (χ0n) is 14.6. The summed E-state index contributed by atoms with van der Waals surface area (Å²) in [6.07, 6.45) is 1.43. The van der Waals surface area contributed by atoms with Gasteiger partial charge >= 0.3 is 0 Å². The van der Waals surface area contributed by atoms with Gasteiger partial charge in [0.1, 0.15) is 5.60 Å². The van der Waals surface area contributed by atoms with Crippen molar-refractivity contribution in [2.75, 3.05) is 40.8 Å². The summed E-state index contributed by atoms with van der Waals surface area (Å²) in [6, 6.07) is 10.4. The Morgan fingerprint density at radius 1 is 1.25 bits per heavy atom. The zero-order chi connectivity index (χ0) is 16.0. The number of carbonyl (C=O) groups excluding carboxylic acids is 1. The van der Waals surface area contributed by atoms with E-state index in [0.717, 1.165) is 13.1 Å². The predicted octanol–water partition coefficient (Wildman–Crippen LogP) is 2.02. The second-order valence-electron chi connectivity index (χ2n) is 6.05. The van der Waals surface area contributed by atoms with Crippen LogP contribution in [-0.2, 0) is 9.53 Å². The fourth-order valence-corrected chi connectivity index (χ4v) is 2.98. The molecule has 7 heteroatoms. The van der Waals surface area contributed by atoms with E-state index in [2.05, 4.69) is 27.7 Å². The van der Waals surface area contributed by atoms with Crippen LogP contribution in [0.1, 0.15) is 24.4 Å². The van der Waals surface area contributed by atoms with E-state index in [-0.39, 0.29) is 36.8 Å². The number of carbonyl (C=O) groups is 1. The highest BCUT2D eigenvalue weighted by Gasteiger charge is 2.39. The molecule has 1 aromatic carbocycles. The number of hydrogen-bond acceptors (Lipinski definition) is 4. The van der Waals surface area contributed by atoms with Crippen LogP contribution in [0.3, 0.4) is 0 Å². The number of methoxy groups -OCH3 is 1. The maximum Gasteiger partial charge on any atom is 0.252 e. The molecule has 2 rings (SSSR count). The second-order valence-corrected chi connectivity index (χ2v) is 6.05. The number of rotatable bonds is 6. The van der Waals surface area contributed by atoms with Gasteiger partial charge < -0.3 is 20.3 Å². The summed E-state index contributed by atoms with van der Waals surface area (Å²) in [5.74, 6) is -0.000666. The first-order valence-electron chi connectivity index (χ1n) is 7.84. The van der Waals surface area contributed by atoms with Gasteiger partial charge in [-0.3, -0.25) is 4.79 Å². The fraction of sp³-hybridized carbons (Fsp3) is 0.588. The molecule has 0 radical (unpaired) electrons. The lowest BCUT2D eigenvalue weighted by Crippen LogP contribution is -2.55. The molecule has 2 N–H and O–H groups in total. The molecule has 0 aliphatic carbocycles. The molecule has 1 saturated heterocycles. The van der Waals surface area contributed by atoms with Crippen LogP contribution >= 0.6 is 24.8 Å². The Bertz CT molecular complexity index is 480. The quantitative estimate of drug-likeness (QED) is 0.795. The van der Waals surface area contributed by atoms with Gasteiger partial charge in [0.05, 0.1) is 6.04 Å². The number of hydrogen-bond donors (Lipinski definition) is 2. The Hall–Kier alpha value is -0.850. The first kappa shape index (κ1) is 23.1. The SMILES string of the molecule is COC1(C(=O)NCC(c2ccccc2)N(C)C)CCNCC1.Cl.Cl. The molecule has 5 nitrogen and oxygen atoms in total. The molecular formula is C17H29Cl2N3O2. The molecule has 138 valence electrons. The second kappa shape index (κ2) is 10.9. The standard InChI is InChI=1S/C17H27N3O2.2ClH/c1-20(2)15(14-7-5-4-6-8-14)13-19-16(21)17(22-3)9-11-18-12-10-17;;/h4-8,15,18H,9-13H2,1-3H3,(H,19,21);2*1H. The molecule has 24 heavy (non-hydrogen) atoms. The zero-order valence-corrected chi connectivity index (χ0v) is 16.2. The lowest BCUT2D eigenvalue weighted by atomic mass is 9.91. The lowest BCUT2D eigenvalue weighted by molar-refractivity contribution is -0.146. The molecule has 0 spiro atoms. The van der Waals surface area contributed by atoms with Crippen LogP contribution in [0.25, 0.3) is 0 Å². The van der Waals surface area contributed by atoms with Gasteiger partial charge in [-0.2, -0.15) is 0 Å². The Kier molecular flexibility index (Phi) is 10.5. The maximum absolute atomic E-state index is 12.6. The number of ether oxygens (including phenoxy) is 1.